The summed E-state index contributed by atoms with van der Waals surface area (Å²) in [5.41, 5.74) is 0.848. The molecular formula is C12H14N2O5. The van der Waals surface area contributed by atoms with Gasteiger partial charge in [-0.25, -0.2) is 4.79 Å². The number of carbonyl (C=O) groups is 3. The number of hydrogen-bond donors (Lipinski definition) is 4. The van der Waals surface area contributed by atoms with E-state index in [4.69, 9.17) is 10.2 Å². The quantitative estimate of drug-likeness (QED) is 0.590. The van der Waals surface area contributed by atoms with Gasteiger partial charge in [0, 0.05) is 18.2 Å². The molecule has 102 valence electrons. The second-order valence-electron chi connectivity index (χ2n) is 3.82. The molecule has 7 heteroatoms. The summed E-state index contributed by atoms with van der Waals surface area (Å²) < 4.78 is 0. The van der Waals surface area contributed by atoms with Crippen LogP contribution >= 0.6 is 0 Å². The van der Waals surface area contributed by atoms with Crippen molar-refractivity contribution in [2.75, 3.05) is 11.9 Å². The van der Waals surface area contributed by atoms with Gasteiger partial charge in [0.1, 0.15) is 0 Å². The van der Waals surface area contributed by atoms with E-state index < -0.39 is 18.0 Å². The van der Waals surface area contributed by atoms with Crippen molar-refractivity contribution < 1.29 is 24.6 Å². The molecule has 1 unspecified atom stereocenters. The zero-order chi connectivity index (χ0) is 14.4. The third-order valence-electron chi connectivity index (χ3n) is 2.21. The first-order chi connectivity index (χ1) is 8.90. The normalized spacial score (nSPS) is 11.5. The Morgan fingerprint density at radius 3 is 2.26 bits per heavy atom. The Balaban J connectivity index is 2.58. The molecular weight excluding hydrogens is 252 g/mol. The van der Waals surface area contributed by atoms with Crippen molar-refractivity contribution in [3.05, 3.63) is 29.8 Å². The Hall–Kier alpha value is -2.41. The molecule has 0 aliphatic carbocycles. The number of aliphatic hydroxyl groups is 1. The van der Waals surface area contributed by atoms with Gasteiger partial charge in [-0.05, 0) is 24.3 Å². The van der Waals surface area contributed by atoms with Crippen LogP contribution in [-0.4, -0.2) is 40.6 Å². The maximum absolute atomic E-state index is 11.6. The highest BCUT2D eigenvalue weighted by molar-refractivity contribution is 5.95. The van der Waals surface area contributed by atoms with Crippen LogP contribution < -0.4 is 10.6 Å². The molecule has 0 aliphatic heterocycles. The van der Waals surface area contributed by atoms with E-state index in [2.05, 4.69) is 10.6 Å². The standard InChI is InChI=1S/C12H14N2O5/c1-7(15)14-9-4-2-8(3-5-9)11(17)13-6-10(16)12(18)19/h2-5,10,16H,6H2,1H3,(H,13,17)(H,14,15)(H,18,19). The summed E-state index contributed by atoms with van der Waals surface area (Å²) in [6.07, 6.45) is -1.64. The number of amides is 2. The Kier molecular flexibility index (Phi) is 5.01. The minimum absolute atomic E-state index is 0.221. The molecule has 0 bridgehead atoms. The third kappa shape index (κ3) is 4.76. The summed E-state index contributed by atoms with van der Waals surface area (Å²) in [7, 11) is 0. The molecule has 0 aromatic heterocycles. The summed E-state index contributed by atoms with van der Waals surface area (Å²) in [6.45, 7) is 0.996. The van der Waals surface area contributed by atoms with E-state index in [0.29, 0.717) is 11.3 Å². The predicted molar refractivity (Wildman–Crippen MR) is 66.7 cm³/mol. The van der Waals surface area contributed by atoms with E-state index in [1.54, 1.807) is 12.1 Å². The second kappa shape index (κ2) is 6.50. The van der Waals surface area contributed by atoms with Gasteiger partial charge in [-0.2, -0.15) is 0 Å². The van der Waals surface area contributed by atoms with Crippen LogP contribution in [0.1, 0.15) is 17.3 Å². The topological polar surface area (TPSA) is 116 Å². The first-order valence-corrected chi connectivity index (χ1v) is 5.47. The molecule has 2 amide bonds. The van der Waals surface area contributed by atoms with Gasteiger partial charge in [0.05, 0.1) is 6.54 Å². The molecule has 7 nitrogen and oxygen atoms in total. The average molecular weight is 266 g/mol. The molecule has 0 fully saturated rings. The number of carbonyl (C=O) groups excluding carboxylic acids is 2. The van der Waals surface area contributed by atoms with Crippen LogP contribution in [0.25, 0.3) is 0 Å². The first-order valence-electron chi connectivity index (χ1n) is 5.47. The lowest BCUT2D eigenvalue weighted by Gasteiger charge is -2.08. The SMILES string of the molecule is CC(=O)Nc1ccc(C(=O)NCC(O)C(=O)O)cc1. The fourth-order valence-electron chi connectivity index (χ4n) is 1.29. The number of carboxylic acids is 1. The maximum atomic E-state index is 11.6. The number of rotatable bonds is 5. The van der Waals surface area contributed by atoms with Crippen LogP contribution in [-0.2, 0) is 9.59 Å². The van der Waals surface area contributed by atoms with Crippen LogP contribution in [0.4, 0.5) is 5.69 Å². The van der Waals surface area contributed by atoms with Crippen LogP contribution in [0.3, 0.4) is 0 Å². The number of aliphatic carboxylic acids is 1. The lowest BCUT2D eigenvalue weighted by Crippen LogP contribution is -2.36. The van der Waals surface area contributed by atoms with Crippen molar-refractivity contribution in [2.45, 2.75) is 13.0 Å². The summed E-state index contributed by atoms with van der Waals surface area (Å²) in [5.74, 6) is -2.13. The van der Waals surface area contributed by atoms with Crippen molar-refractivity contribution in [3.8, 4) is 0 Å². The summed E-state index contributed by atoms with van der Waals surface area (Å²) >= 11 is 0. The van der Waals surface area contributed by atoms with E-state index >= 15 is 0 Å². The summed E-state index contributed by atoms with van der Waals surface area (Å²) in [6, 6.07) is 6.05. The van der Waals surface area contributed by atoms with Gasteiger partial charge in [-0.1, -0.05) is 0 Å². The van der Waals surface area contributed by atoms with E-state index in [1.807, 2.05) is 0 Å². The highest BCUT2D eigenvalue weighted by atomic mass is 16.4. The fourth-order valence-corrected chi connectivity index (χ4v) is 1.29. The summed E-state index contributed by atoms with van der Waals surface area (Å²) in [5, 5.41) is 22.3. The number of benzene rings is 1. The Morgan fingerprint density at radius 2 is 1.79 bits per heavy atom. The lowest BCUT2D eigenvalue weighted by atomic mass is 10.2. The smallest absolute Gasteiger partial charge is 0.334 e. The third-order valence-corrected chi connectivity index (χ3v) is 2.21. The van der Waals surface area contributed by atoms with Crippen molar-refractivity contribution in [1.29, 1.82) is 0 Å². The maximum Gasteiger partial charge on any atom is 0.334 e. The molecule has 1 rings (SSSR count). The van der Waals surface area contributed by atoms with Crippen molar-refractivity contribution in [3.63, 3.8) is 0 Å². The van der Waals surface area contributed by atoms with Gasteiger partial charge >= 0.3 is 5.97 Å². The van der Waals surface area contributed by atoms with Crippen molar-refractivity contribution in [1.82, 2.24) is 5.32 Å². The number of nitrogens with one attached hydrogen (secondary N) is 2. The van der Waals surface area contributed by atoms with E-state index in [-0.39, 0.29) is 12.5 Å². The van der Waals surface area contributed by atoms with Gasteiger partial charge in [0.25, 0.3) is 5.91 Å². The Morgan fingerprint density at radius 1 is 1.21 bits per heavy atom. The highest BCUT2D eigenvalue weighted by Gasteiger charge is 2.14. The van der Waals surface area contributed by atoms with Gasteiger partial charge in [0.15, 0.2) is 6.10 Å². The minimum atomic E-state index is -1.64. The number of anilines is 1. The lowest BCUT2D eigenvalue weighted by molar-refractivity contribution is -0.146. The molecule has 1 atom stereocenters. The molecule has 0 heterocycles. The molecule has 1 aromatic carbocycles. The minimum Gasteiger partial charge on any atom is -0.479 e. The zero-order valence-corrected chi connectivity index (χ0v) is 10.2. The zero-order valence-electron chi connectivity index (χ0n) is 10.2. The highest BCUT2D eigenvalue weighted by Crippen LogP contribution is 2.09. The van der Waals surface area contributed by atoms with Crippen molar-refractivity contribution in [2.24, 2.45) is 0 Å². The second-order valence-corrected chi connectivity index (χ2v) is 3.82. The van der Waals surface area contributed by atoms with E-state index in [1.165, 1.54) is 19.1 Å². The van der Waals surface area contributed by atoms with Gasteiger partial charge in [-0.15, -0.1) is 0 Å². The van der Waals surface area contributed by atoms with Gasteiger partial charge in [-0.3, -0.25) is 9.59 Å². The van der Waals surface area contributed by atoms with Gasteiger partial charge < -0.3 is 20.8 Å². The molecule has 0 saturated heterocycles. The predicted octanol–water partition coefficient (Wildman–Crippen LogP) is -0.180. The summed E-state index contributed by atoms with van der Waals surface area (Å²) in [4.78, 5) is 32.8. The van der Waals surface area contributed by atoms with E-state index in [0.717, 1.165) is 0 Å². The van der Waals surface area contributed by atoms with Crippen LogP contribution in [0, 0.1) is 0 Å². The molecule has 0 radical (unpaired) electrons. The van der Waals surface area contributed by atoms with Crippen molar-refractivity contribution >= 4 is 23.5 Å². The van der Waals surface area contributed by atoms with E-state index in [9.17, 15) is 14.4 Å². The molecule has 0 spiro atoms. The van der Waals surface area contributed by atoms with Crippen LogP contribution in [0.15, 0.2) is 24.3 Å². The molecule has 0 aliphatic rings. The molecule has 0 saturated carbocycles. The number of aliphatic hydroxyl groups excluding tert-OH is 1. The first kappa shape index (κ1) is 14.7. The van der Waals surface area contributed by atoms with Crippen LogP contribution in [0.2, 0.25) is 0 Å². The average Bonchev–Trinajstić information content (AvgIpc) is 2.35. The number of carboxylic acid groups (broad SMARTS) is 1. The molecule has 19 heavy (non-hydrogen) atoms. The largest absolute Gasteiger partial charge is 0.479 e. The molecule has 4 N–H and O–H groups in total. The van der Waals surface area contributed by atoms with Gasteiger partial charge in [0.2, 0.25) is 5.91 Å². The van der Waals surface area contributed by atoms with Crippen LogP contribution in [0.5, 0.6) is 0 Å². The Bertz CT molecular complexity index is 483. The fraction of sp³-hybridized carbons (Fsp3) is 0.250. The molecule has 1 aromatic rings. The number of hydrogen-bond acceptors (Lipinski definition) is 4. The monoisotopic (exact) mass is 266 g/mol. The Labute approximate surface area is 109 Å².